The minimum Gasteiger partial charge on any atom is -0.409 e. The van der Waals surface area contributed by atoms with Crippen LogP contribution in [-0.2, 0) is 0 Å². The van der Waals surface area contributed by atoms with Gasteiger partial charge < -0.3 is 10.9 Å². The minimum absolute atomic E-state index is 0.0350. The normalized spacial score (nSPS) is 12.0. The van der Waals surface area contributed by atoms with Crippen molar-refractivity contribution in [3.8, 4) is 5.69 Å². The van der Waals surface area contributed by atoms with E-state index in [4.69, 9.17) is 10.9 Å². The predicted octanol–water partition coefficient (Wildman–Crippen LogP) is 2.13. The number of fused-ring (bicyclic) bond motifs is 1. The van der Waals surface area contributed by atoms with E-state index in [2.05, 4.69) is 15.1 Å². The Bertz CT molecular complexity index is 850. The van der Waals surface area contributed by atoms with Crippen LogP contribution in [0.4, 0.5) is 0 Å². The van der Waals surface area contributed by atoms with E-state index in [1.54, 1.807) is 6.33 Å². The zero-order chi connectivity index (χ0) is 15.0. The number of amidine groups is 1. The van der Waals surface area contributed by atoms with Crippen LogP contribution in [0, 0.1) is 13.8 Å². The molecule has 0 saturated heterocycles. The zero-order valence-corrected chi connectivity index (χ0v) is 11.8. The van der Waals surface area contributed by atoms with Gasteiger partial charge in [0, 0.05) is 5.69 Å². The van der Waals surface area contributed by atoms with Gasteiger partial charge in [0.2, 0.25) is 0 Å². The van der Waals surface area contributed by atoms with E-state index in [0.29, 0.717) is 11.3 Å². The van der Waals surface area contributed by atoms with Crippen LogP contribution in [0.1, 0.15) is 17.0 Å². The Labute approximate surface area is 121 Å². The highest BCUT2D eigenvalue weighted by atomic mass is 16.4. The second kappa shape index (κ2) is 4.90. The Morgan fingerprint density at radius 3 is 2.81 bits per heavy atom. The summed E-state index contributed by atoms with van der Waals surface area (Å²) in [7, 11) is 0. The van der Waals surface area contributed by atoms with Crippen LogP contribution in [0.25, 0.3) is 16.7 Å². The number of hydrogen-bond acceptors (Lipinski definition) is 4. The Hall–Kier alpha value is -2.89. The standard InChI is InChI=1S/C15H15N5O/c1-9-7-13(14(10(2)18-9)15(16)19-21)20-8-17-11-5-3-4-6-12(11)20/h3-8,21H,1-2H3,(H2,16,19). The summed E-state index contributed by atoms with van der Waals surface area (Å²) < 4.78 is 1.92. The smallest absolute Gasteiger partial charge is 0.174 e. The number of para-hydroxylation sites is 2. The van der Waals surface area contributed by atoms with Gasteiger partial charge in [-0.25, -0.2) is 4.98 Å². The van der Waals surface area contributed by atoms with Crippen LogP contribution in [0.3, 0.4) is 0 Å². The highest BCUT2D eigenvalue weighted by molar-refractivity contribution is 6.01. The number of benzene rings is 1. The molecule has 0 saturated carbocycles. The molecular formula is C15H15N5O. The third kappa shape index (κ3) is 2.10. The summed E-state index contributed by atoms with van der Waals surface area (Å²) in [6.45, 7) is 3.74. The van der Waals surface area contributed by atoms with Crippen molar-refractivity contribution in [2.45, 2.75) is 13.8 Å². The van der Waals surface area contributed by atoms with Crippen molar-refractivity contribution in [2.24, 2.45) is 10.9 Å². The van der Waals surface area contributed by atoms with Crippen molar-refractivity contribution in [1.29, 1.82) is 0 Å². The summed E-state index contributed by atoms with van der Waals surface area (Å²) in [5.41, 5.74) is 10.6. The molecule has 0 amide bonds. The van der Waals surface area contributed by atoms with E-state index in [-0.39, 0.29) is 5.84 Å². The molecule has 0 fully saturated rings. The van der Waals surface area contributed by atoms with Gasteiger partial charge in [-0.2, -0.15) is 0 Å². The first-order valence-corrected chi connectivity index (χ1v) is 6.50. The van der Waals surface area contributed by atoms with Crippen LogP contribution in [-0.4, -0.2) is 25.6 Å². The monoisotopic (exact) mass is 281 g/mol. The Morgan fingerprint density at radius 2 is 2.05 bits per heavy atom. The van der Waals surface area contributed by atoms with Crippen LogP contribution < -0.4 is 5.73 Å². The minimum atomic E-state index is 0.0350. The average Bonchev–Trinajstić information content (AvgIpc) is 2.89. The van der Waals surface area contributed by atoms with Gasteiger partial charge >= 0.3 is 0 Å². The fraction of sp³-hybridized carbons (Fsp3) is 0.133. The molecule has 0 spiro atoms. The lowest BCUT2D eigenvalue weighted by molar-refractivity contribution is 0.318. The first kappa shape index (κ1) is 13.1. The zero-order valence-electron chi connectivity index (χ0n) is 11.8. The van der Waals surface area contributed by atoms with Gasteiger partial charge in [0.05, 0.1) is 28.0 Å². The molecule has 3 N–H and O–H groups in total. The van der Waals surface area contributed by atoms with Gasteiger partial charge in [-0.3, -0.25) is 9.55 Å². The van der Waals surface area contributed by atoms with Crippen LogP contribution in [0.5, 0.6) is 0 Å². The number of rotatable bonds is 2. The van der Waals surface area contributed by atoms with Crippen LogP contribution in [0.2, 0.25) is 0 Å². The summed E-state index contributed by atoms with van der Waals surface area (Å²) in [5.74, 6) is 0.0350. The lowest BCUT2D eigenvalue weighted by Gasteiger charge is -2.13. The van der Waals surface area contributed by atoms with Crippen molar-refractivity contribution in [3.63, 3.8) is 0 Å². The van der Waals surface area contributed by atoms with Crippen molar-refractivity contribution < 1.29 is 5.21 Å². The summed E-state index contributed by atoms with van der Waals surface area (Å²) in [6.07, 6.45) is 1.73. The molecule has 1 aromatic carbocycles. The Morgan fingerprint density at radius 1 is 1.29 bits per heavy atom. The number of pyridine rings is 1. The summed E-state index contributed by atoms with van der Waals surface area (Å²) in [5, 5.41) is 12.1. The molecule has 0 unspecified atom stereocenters. The summed E-state index contributed by atoms with van der Waals surface area (Å²) in [4.78, 5) is 8.77. The molecule has 106 valence electrons. The van der Waals surface area contributed by atoms with Gasteiger partial charge in [-0.05, 0) is 32.0 Å². The first-order chi connectivity index (χ1) is 10.1. The Kier molecular flexibility index (Phi) is 3.06. The molecule has 0 atom stereocenters. The maximum absolute atomic E-state index is 9.03. The summed E-state index contributed by atoms with van der Waals surface area (Å²) in [6, 6.07) is 9.70. The lowest BCUT2D eigenvalue weighted by Crippen LogP contribution is -2.19. The lowest BCUT2D eigenvalue weighted by atomic mass is 10.1. The number of aryl methyl sites for hydroxylation is 2. The number of hydrogen-bond donors (Lipinski definition) is 2. The highest BCUT2D eigenvalue weighted by Gasteiger charge is 2.16. The number of nitrogens with two attached hydrogens (primary N) is 1. The number of imidazole rings is 1. The van der Waals surface area contributed by atoms with Crippen molar-refractivity contribution in [1.82, 2.24) is 14.5 Å². The van der Waals surface area contributed by atoms with Crippen LogP contribution in [0.15, 0.2) is 41.8 Å². The molecule has 21 heavy (non-hydrogen) atoms. The third-order valence-corrected chi connectivity index (χ3v) is 3.38. The second-order valence-corrected chi connectivity index (χ2v) is 4.83. The van der Waals surface area contributed by atoms with E-state index in [1.807, 2.05) is 48.7 Å². The fourth-order valence-corrected chi connectivity index (χ4v) is 2.52. The fourth-order valence-electron chi connectivity index (χ4n) is 2.52. The van der Waals surface area contributed by atoms with Gasteiger partial charge in [-0.15, -0.1) is 0 Å². The molecular weight excluding hydrogens is 266 g/mol. The van der Waals surface area contributed by atoms with Crippen molar-refractivity contribution in [2.75, 3.05) is 0 Å². The molecule has 0 aliphatic carbocycles. The van der Waals surface area contributed by atoms with Crippen molar-refractivity contribution in [3.05, 3.63) is 53.6 Å². The molecule has 3 aromatic rings. The predicted molar refractivity (Wildman–Crippen MR) is 80.8 cm³/mol. The van der Waals surface area contributed by atoms with Crippen molar-refractivity contribution >= 4 is 16.9 Å². The third-order valence-electron chi connectivity index (χ3n) is 3.38. The molecule has 2 heterocycles. The number of oxime groups is 1. The Balaban J connectivity index is 2.36. The molecule has 2 aromatic heterocycles. The molecule has 0 bridgehead atoms. The number of aromatic nitrogens is 3. The quantitative estimate of drug-likeness (QED) is 0.326. The molecule has 6 nitrogen and oxygen atoms in total. The largest absolute Gasteiger partial charge is 0.409 e. The average molecular weight is 281 g/mol. The SMILES string of the molecule is Cc1cc(-n2cnc3ccccc32)c(/C(N)=N/O)c(C)n1. The van der Waals surface area contributed by atoms with Gasteiger partial charge in [0.1, 0.15) is 6.33 Å². The molecule has 3 rings (SSSR count). The first-order valence-electron chi connectivity index (χ1n) is 6.50. The molecule has 0 aliphatic heterocycles. The topological polar surface area (TPSA) is 89.3 Å². The van der Waals surface area contributed by atoms with Gasteiger partial charge in [0.15, 0.2) is 5.84 Å². The molecule has 0 radical (unpaired) electrons. The molecule has 0 aliphatic rings. The van der Waals surface area contributed by atoms with E-state index < -0.39 is 0 Å². The number of nitrogens with zero attached hydrogens (tertiary/aromatic N) is 4. The van der Waals surface area contributed by atoms with E-state index in [9.17, 15) is 0 Å². The maximum atomic E-state index is 9.03. The van der Waals surface area contributed by atoms with Crippen LogP contribution >= 0.6 is 0 Å². The van der Waals surface area contributed by atoms with E-state index >= 15 is 0 Å². The van der Waals surface area contributed by atoms with Gasteiger partial charge in [-0.1, -0.05) is 17.3 Å². The maximum Gasteiger partial charge on any atom is 0.174 e. The summed E-state index contributed by atoms with van der Waals surface area (Å²) >= 11 is 0. The van der Waals surface area contributed by atoms with E-state index in [1.165, 1.54) is 0 Å². The molecule has 6 heteroatoms. The second-order valence-electron chi connectivity index (χ2n) is 4.83. The van der Waals surface area contributed by atoms with Gasteiger partial charge in [0.25, 0.3) is 0 Å². The van der Waals surface area contributed by atoms with E-state index in [0.717, 1.165) is 22.4 Å². The highest BCUT2D eigenvalue weighted by Crippen LogP contribution is 2.23.